The highest BCUT2D eigenvalue weighted by Crippen LogP contribution is 2.29. The molecular formula is C16H17N3O3S. The van der Waals surface area contributed by atoms with Crippen molar-refractivity contribution in [2.75, 3.05) is 26.1 Å². The molecule has 0 aliphatic carbocycles. The van der Waals surface area contributed by atoms with E-state index in [4.69, 9.17) is 9.47 Å². The number of rotatable bonds is 5. The van der Waals surface area contributed by atoms with E-state index >= 15 is 0 Å². The Morgan fingerprint density at radius 2 is 2.17 bits per heavy atom. The number of benzene rings is 1. The molecule has 2 heterocycles. The van der Waals surface area contributed by atoms with Gasteiger partial charge in [-0.1, -0.05) is 6.07 Å². The van der Waals surface area contributed by atoms with Gasteiger partial charge < -0.3 is 14.8 Å². The van der Waals surface area contributed by atoms with Gasteiger partial charge in [0.25, 0.3) is 5.91 Å². The van der Waals surface area contributed by atoms with E-state index in [-0.39, 0.29) is 12.5 Å². The molecule has 0 spiro atoms. The number of nitrogens with zero attached hydrogens (tertiary/aromatic N) is 2. The Morgan fingerprint density at radius 3 is 2.87 bits per heavy atom. The first-order valence-corrected chi connectivity index (χ1v) is 7.95. The van der Waals surface area contributed by atoms with Crippen LogP contribution >= 0.6 is 11.3 Å². The fraction of sp³-hybridized carbons (Fsp3) is 0.250. The molecule has 1 aromatic carbocycles. The summed E-state index contributed by atoms with van der Waals surface area (Å²) in [6, 6.07) is 9.42. The van der Waals surface area contributed by atoms with Crippen LogP contribution in [-0.4, -0.2) is 37.5 Å². The lowest BCUT2D eigenvalue weighted by molar-refractivity contribution is -0.125. The van der Waals surface area contributed by atoms with Crippen molar-refractivity contribution in [1.29, 1.82) is 0 Å². The average molecular weight is 331 g/mol. The maximum atomic E-state index is 12.1. The molecule has 1 aliphatic heterocycles. The zero-order chi connectivity index (χ0) is 16.2. The Morgan fingerprint density at radius 1 is 1.30 bits per heavy atom. The maximum Gasteiger partial charge on any atom is 0.251 e. The van der Waals surface area contributed by atoms with Crippen molar-refractivity contribution < 1.29 is 14.3 Å². The second kappa shape index (κ2) is 6.70. The van der Waals surface area contributed by atoms with Gasteiger partial charge in [-0.3, -0.25) is 9.69 Å². The molecule has 1 aliphatic rings. The van der Waals surface area contributed by atoms with Crippen LogP contribution in [0.1, 0.15) is 4.88 Å². The molecule has 1 N–H and O–H groups in total. The summed E-state index contributed by atoms with van der Waals surface area (Å²) in [5.41, 5.74) is 0.734. The first kappa shape index (κ1) is 15.4. The van der Waals surface area contributed by atoms with E-state index in [9.17, 15) is 4.79 Å². The smallest absolute Gasteiger partial charge is 0.251 e. The minimum Gasteiger partial charge on any atom is -0.497 e. The van der Waals surface area contributed by atoms with Crippen LogP contribution in [-0.2, 0) is 11.3 Å². The molecule has 0 saturated carbocycles. The summed E-state index contributed by atoms with van der Waals surface area (Å²) in [6.45, 7) is 0.674. The number of hydrogen-bond donors (Lipinski definition) is 1. The predicted molar refractivity (Wildman–Crippen MR) is 90.3 cm³/mol. The Labute approximate surface area is 138 Å². The summed E-state index contributed by atoms with van der Waals surface area (Å²) >= 11 is 1.61. The number of thiophene rings is 1. The molecule has 1 amide bonds. The van der Waals surface area contributed by atoms with Gasteiger partial charge in [-0.2, -0.15) is 0 Å². The van der Waals surface area contributed by atoms with Gasteiger partial charge in [0.2, 0.25) is 5.96 Å². The number of methoxy groups -OCH3 is 2. The summed E-state index contributed by atoms with van der Waals surface area (Å²) in [5, 5.41) is 5.18. The van der Waals surface area contributed by atoms with E-state index in [1.165, 1.54) is 0 Å². The fourth-order valence-corrected chi connectivity index (χ4v) is 2.97. The van der Waals surface area contributed by atoms with Crippen molar-refractivity contribution in [3.8, 4) is 11.5 Å². The summed E-state index contributed by atoms with van der Waals surface area (Å²) < 4.78 is 10.6. The third-order valence-corrected chi connectivity index (χ3v) is 4.33. The van der Waals surface area contributed by atoms with E-state index in [0.29, 0.717) is 24.0 Å². The molecule has 0 saturated heterocycles. The molecule has 0 fully saturated rings. The van der Waals surface area contributed by atoms with Crippen LogP contribution in [0.3, 0.4) is 0 Å². The van der Waals surface area contributed by atoms with Crippen molar-refractivity contribution in [1.82, 2.24) is 4.90 Å². The molecule has 0 atom stereocenters. The quantitative estimate of drug-likeness (QED) is 0.915. The molecule has 0 bridgehead atoms. The van der Waals surface area contributed by atoms with Gasteiger partial charge in [0.15, 0.2) is 0 Å². The molecule has 120 valence electrons. The van der Waals surface area contributed by atoms with Gasteiger partial charge in [-0.05, 0) is 23.6 Å². The highest BCUT2D eigenvalue weighted by atomic mass is 32.1. The SMILES string of the molecule is COc1ccc(NC2=NCC(=O)N2Cc2cccs2)c(OC)c1. The first-order valence-electron chi connectivity index (χ1n) is 7.07. The summed E-state index contributed by atoms with van der Waals surface area (Å²) in [7, 11) is 3.19. The molecule has 1 aromatic heterocycles. The van der Waals surface area contributed by atoms with Crippen molar-refractivity contribution in [3.05, 3.63) is 40.6 Å². The van der Waals surface area contributed by atoms with Crippen LogP contribution < -0.4 is 14.8 Å². The average Bonchev–Trinajstić information content (AvgIpc) is 3.20. The van der Waals surface area contributed by atoms with Crippen LogP contribution in [0.25, 0.3) is 0 Å². The first-order chi connectivity index (χ1) is 11.2. The molecule has 0 radical (unpaired) electrons. The number of carbonyl (C=O) groups is 1. The lowest BCUT2D eigenvalue weighted by atomic mass is 10.2. The Bertz CT molecular complexity index is 728. The van der Waals surface area contributed by atoms with Crippen molar-refractivity contribution in [2.45, 2.75) is 6.54 Å². The number of carbonyl (C=O) groups excluding carboxylic acids is 1. The fourth-order valence-electron chi connectivity index (χ4n) is 2.28. The highest BCUT2D eigenvalue weighted by Gasteiger charge is 2.26. The molecule has 6 nitrogen and oxygen atoms in total. The van der Waals surface area contributed by atoms with E-state index in [2.05, 4.69) is 10.3 Å². The predicted octanol–water partition coefficient (Wildman–Crippen LogP) is 2.58. The van der Waals surface area contributed by atoms with Crippen LogP contribution in [0.2, 0.25) is 0 Å². The van der Waals surface area contributed by atoms with Gasteiger partial charge in [0.1, 0.15) is 18.0 Å². The number of nitrogens with one attached hydrogen (secondary N) is 1. The lowest BCUT2D eigenvalue weighted by Crippen LogP contribution is -2.36. The minimum absolute atomic E-state index is 0.0200. The molecule has 2 aromatic rings. The topological polar surface area (TPSA) is 63.2 Å². The molecule has 3 rings (SSSR count). The zero-order valence-electron chi connectivity index (χ0n) is 12.9. The molecule has 7 heteroatoms. The lowest BCUT2D eigenvalue weighted by Gasteiger charge is -2.20. The summed E-state index contributed by atoms with van der Waals surface area (Å²) in [5.74, 6) is 1.84. The zero-order valence-corrected chi connectivity index (χ0v) is 13.7. The second-order valence-corrected chi connectivity index (χ2v) is 5.92. The summed E-state index contributed by atoms with van der Waals surface area (Å²) in [6.07, 6.45) is 0. The van der Waals surface area contributed by atoms with Gasteiger partial charge in [0.05, 0.1) is 26.5 Å². The Hall–Kier alpha value is -2.54. The number of hydrogen-bond acceptors (Lipinski definition) is 6. The molecular weight excluding hydrogens is 314 g/mol. The second-order valence-electron chi connectivity index (χ2n) is 4.89. The van der Waals surface area contributed by atoms with Crippen LogP contribution in [0.4, 0.5) is 5.69 Å². The Balaban J connectivity index is 1.79. The molecule has 23 heavy (non-hydrogen) atoms. The standard InChI is InChI=1S/C16H17N3O3S/c1-21-11-5-6-13(14(8-11)22-2)18-16-17-9-15(20)19(16)10-12-4-3-7-23-12/h3-8H,9-10H2,1-2H3,(H,17,18). The third-order valence-electron chi connectivity index (χ3n) is 3.47. The number of ether oxygens (including phenoxy) is 2. The monoisotopic (exact) mass is 331 g/mol. The number of guanidine groups is 1. The van der Waals surface area contributed by atoms with E-state index < -0.39 is 0 Å². The van der Waals surface area contributed by atoms with Gasteiger partial charge >= 0.3 is 0 Å². The van der Waals surface area contributed by atoms with Crippen molar-refractivity contribution >= 4 is 28.9 Å². The highest BCUT2D eigenvalue weighted by molar-refractivity contribution is 7.09. The third kappa shape index (κ3) is 3.29. The maximum absolute atomic E-state index is 12.1. The number of anilines is 1. The van der Waals surface area contributed by atoms with Crippen LogP contribution in [0.5, 0.6) is 11.5 Å². The normalized spacial score (nSPS) is 13.9. The van der Waals surface area contributed by atoms with Crippen LogP contribution in [0.15, 0.2) is 40.7 Å². The number of aliphatic imine (C=N–C) groups is 1. The van der Waals surface area contributed by atoms with Crippen molar-refractivity contribution in [2.24, 2.45) is 4.99 Å². The Kier molecular flexibility index (Phi) is 4.47. The van der Waals surface area contributed by atoms with Gasteiger partial charge in [-0.25, -0.2) is 4.99 Å². The number of amides is 1. The van der Waals surface area contributed by atoms with Gasteiger partial charge in [0, 0.05) is 10.9 Å². The molecule has 0 unspecified atom stereocenters. The van der Waals surface area contributed by atoms with Crippen molar-refractivity contribution in [3.63, 3.8) is 0 Å². The summed E-state index contributed by atoms with van der Waals surface area (Å²) in [4.78, 5) is 19.1. The van der Waals surface area contributed by atoms with E-state index in [1.54, 1.807) is 36.5 Å². The largest absolute Gasteiger partial charge is 0.497 e. The minimum atomic E-state index is -0.0200. The van der Waals surface area contributed by atoms with Gasteiger partial charge in [-0.15, -0.1) is 11.3 Å². The van der Waals surface area contributed by atoms with Crippen LogP contribution in [0, 0.1) is 0 Å². The van der Waals surface area contributed by atoms with E-state index in [1.807, 2.05) is 29.6 Å². The van der Waals surface area contributed by atoms with E-state index in [0.717, 1.165) is 10.6 Å².